The van der Waals surface area contributed by atoms with Gasteiger partial charge in [-0.25, -0.2) is 9.18 Å². The van der Waals surface area contributed by atoms with Gasteiger partial charge in [0.2, 0.25) is 5.91 Å². The zero-order chi connectivity index (χ0) is 16.7. The lowest BCUT2D eigenvalue weighted by molar-refractivity contribution is -0.144. The summed E-state index contributed by atoms with van der Waals surface area (Å²) in [6.07, 6.45) is 1.59. The molecule has 1 unspecified atom stereocenters. The maximum absolute atomic E-state index is 13.5. The van der Waals surface area contributed by atoms with Crippen LogP contribution in [0.15, 0.2) is 24.3 Å². The first-order chi connectivity index (χ1) is 10.4. The van der Waals surface area contributed by atoms with Crippen LogP contribution in [0.1, 0.15) is 39.2 Å². The van der Waals surface area contributed by atoms with Crippen molar-refractivity contribution in [3.63, 3.8) is 0 Å². The molecule has 0 heterocycles. The molecule has 5 heteroatoms. The molecule has 1 aromatic carbocycles. The third-order valence-corrected chi connectivity index (χ3v) is 4.03. The molecule has 0 spiro atoms. The largest absolute Gasteiger partial charge is 0.480 e. The Bertz CT molecular complexity index is 518. The second-order valence-corrected chi connectivity index (χ2v) is 5.74. The number of rotatable bonds is 8. The number of carboxylic acid groups (broad SMARTS) is 1. The van der Waals surface area contributed by atoms with Gasteiger partial charge in [-0.3, -0.25) is 4.79 Å². The Morgan fingerprint density at radius 3 is 2.45 bits per heavy atom. The molecule has 0 aliphatic carbocycles. The number of aryl methyl sites for hydroxylation is 1. The Kier molecular flexibility index (Phi) is 7.02. The van der Waals surface area contributed by atoms with Crippen molar-refractivity contribution in [2.75, 3.05) is 0 Å². The molecule has 0 aliphatic heterocycles. The van der Waals surface area contributed by atoms with Crippen LogP contribution in [0.3, 0.4) is 0 Å². The van der Waals surface area contributed by atoms with Gasteiger partial charge in [0.15, 0.2) is 0 Å². The van der Waals surface area contributed by atoms with Gasteiger partial charge in [-0.2, -0.15) is 0 Å². The minimum Gasteiger partial charge on any atom is -0.480 e. The van der Waals surface area contributed by atoms with E-state index in [2.05, 4.69) is 5.32 Å². The number of aliphatic carboxylic acids is 1. The van der Waals surface area contributed by atoms with Gasteiger partial charge in [0.05, 0.1) is 0 Å². The Morgan fingerprint density at radius 2 is 1.91 bits per heavy atom. The molecule has 0 saturated carbocycles. The van der Waals surface area contributed by atoms with Gasteiger partial charge in [-0.1, -0.05) is 45.4 Å². The van der Waals surface area contributed by atoms with Crippen molar-refractivity contribution in [2.24, 2.45) is 11.8 Å². The summed E-state index contributed by atoms with van der Waals surface area (Å²) < 4.78 is 13.5. The standard InChI is InChI=1S/C17H24FNO3/c1-4-11(2)15(17(21)22)19-16(20)12(3)9-10-13-7-5-6-8-14(13)18/h5-8,11-12,15H,4,9-10H2,1-3H3,(H,19,20)(H,21,22)/t11-,12?,15-/m0/s1. The predicted molar refractivity (Wildman–Crippen MR) is 82.9 cm³/mol. The number of hydrogen-bond donors (Lipinski definition) is 2. The molecule has 1 aromatic rings. The maximum atomic E-state index is 13.5. The van der Waals surface area contributed by atoms with E-state index in [4.69, 9.17) is 0 Å². The number of benzene rings is 1. The summed E-state index contributed by atoms with van der Waals surface area (Å²) in [6, 6.07) is 5.58. The summed E-state index contributed by atoms with van der Waals surface area (Å²) >= 11 is 0. The van der Waals surface area contributed by atoms with E-state index in [1.807, 2.05) is 6.92 Å². The Morgan fingerprint density at radius 1 is 1.27 bits per heavy atom. The van der Waals surface area contributed by atoms with Gasteiger partial charge in [0.1, 0.15) is 11.9 Å². The van der Waals surface area contributed by atoms with Crippen LogP contribution >= 0.6 is 0 Å². The lowest BCUT2D eigenvalue weighted by Gasteiger charge is -2.22. The highest BCUT2D eigenvalue weighted by molar-refractivity contribution is 5.84. The fraction of sp³-hybridized carbons (Fsp3) is 0.529. The number of carbonyl (C=O) groups excluding carboxylic acids is 1. The first kappa shape index (κ1) is 18.1. The van der Waals surface area contributed by atoms with Crippen LogP contribution in [0, 0.1) is 17.7 Å². The van der Waals surface area contributed by atoms with Gasteiger partial charge in [0.25, 0.3) is 0 Å². The molecular weight excluding hydrogens is 285 g/mol. The molecule has 1 amide bonds. The highest BCUT2D eigenvalue weighted by Gasteiger charge is 2.27. The molecule has 0 aliphatic rings. The van der Waals surface area contributed by atoms with Gasteiger partial charge < -0.3 is 10.4 Å². The second kappa shape index (κ2) is 8.51. The van der Waals surface area contributed by atoms with Crippen molar-refractivity contribution in [1.29, 1.82) is 0 Å². The van der Waals surface area contributed by atoms with E-state index < -0.39 is 12.0 Å². The topological polar surface area (TPSA) is 66.4 Å². The lowest BCUT2D eigenvalue weighted by atomic mass is 9.96. The van der Waals surface area contributed by atoms with Crippen LogP contribution in [-0.4, -0.2) is 23.0 Å². The Balaban J connectivity index is 2.57. The fourth-order valence-electron chi connectivity index (χ4n) is 2.18. The average molecular weight is 309 g/mol. The van der Waals surface area contributed by atoms with Gasteiger partial charge in [-0.05, 0) is 30.4 Å². The van der Waals surface area contributed by atoms with E-state index in [0.29, 0.717) is 24.8 Å². The third-order valence-electron chi connectivity index (χ3n) is 4.03. The van der Waals surface area contributed by atoms with Crippen LogP contribution in [0.5, 0.6) is 0 Å². The lowest BCUT2D eigenvalue weighted by Crippen LogP contribution is -2.46. The SMILES string of the molecule is CC[C@H](C)[C@H](NC(=O)C(C)CCc1ccccc1F)C(=O)O. The van der Waals surface area contributed by atoms with Crippen molar-refractivity contribution >= 4 is 11.9 Å². The molecule has 0 aromatic heterocycles. The van der Waals surface area contributed by atoms with Crippen molar-refractivity contribution in [3.8, 4) is 0 Å². The van der Waals surface area contributed by atoms with Crippen LogP contribution in [0.4, 0.5) is 4.39 Å². The van der Waals surface area contributed by atoms with Crippen molar-refractivity contribution in [3.05, 3.63) is 35.6 Å². The summed E-state index contributed by atoms with van der Waals surface area (Å²) in [7, 11) is 0. The normalized spacial score (nSPS) is 14.9. The number of amides is 1. The van der Waals surface area contributed by atoms with E-state index in [1.165, 1.54) is 6.07 Å². The molecule has 122 valence electrons. The third kappa shape index (κ3) is 5.13. The van der Waals surface area contributed by atoms with E-state index in [1.54, 1.807) is 32.0 Å². The van der Waals surface area contributed by atoms with Gasteiger partial charge in [-0.15, -0.1) is 0 Å². The Hall–Kier alpha value is -1.91. The molecule has 0 fully saturated rings. The van der Waals surface area contributed by atoms with Crippen molar-refractivity contribution in [1.82, 2.24) is 5.32 Å². The van der Waals surface area contributed by atoms with E-state index in [0.717, 1.165) is 0 Å². The van der Waals surface area contributed by atoms with Gasteiger partial charge in [0, 0.05) is 5.92 Å². The van der Waals surface area contributed by atoms with E-state index >= 15 is 0 Å². The van der Waals surface area contributed by atoms with Crippen molar-refractivity contribution < 1.29 is 19.1 Å². The number of carboxylic acids is 1. The summed E-state index contributed by atoms with van der Waals surface area (Å²) in [5, 5.41) is 11.8. The molecule has 22 heavy (non-hydrogen) atoms. The number of nitrogens with one attached hydrogen (secondary N) is 1. The van der Waals surface area contributed by atoms with Crippen LogP contribution in [-0.2, 0) is 16.0 Å². The monoisotopic (exact) mass is 309 g/mol. The quantitative estimate of drug-likeness (QED) is 0.776. The number of hydrogen-bond acceptors (Lipinski definition) is 2. The zero-order valence-corrected chi connectivity index (χ0v) is 13.3. The average Bonchev–Trinajstić information content (AvgIpc) is 2.50. The first-order valence-corrected chi connectivity index (χ1v) is 7.63. The predicted octanol–water partition coefficient (Wildman–Crippen LogP) is 3.01. The molecule has 0 bridgehead atoms. The molecule has 4 nitrogen and oxygen atoms in total. The second-order valence-electron chi connectivity index (χ2n) is 5.74. The number of carbonyl (C=O) groups is 2. The van der Waals surface area contributed by atoms with Crippen LogP contribution in [0.2, 0.25) is 0 Å². The summed E-state index contributed by atoms with van der Waals surface area (Å²) in [6.45, 7) is 5.41. The molecule has 0 radical (unpaired) electrons. The van der Waals surface area contributed by atoms with Crippen molar-refractivity contribution in [2.45, 2.75) is 46.1 Å². The molecule has 2 N–H and O–H groups in total. The Labute approximate surface area is 130 Å². The van der Waals surface area contributed by atoms with Gasteiger partial charge >= 0.3 is 5.97 Å². The smallest absolute Gasteiger partial charge is 0.326 e. The highest BCUT2D eigenvalue weighted by atomic mass is 19.1. The van der Waals surface area contributed by atoms with Crippen LogP contribution < -0.4 is 5.32 Å². The molecular formula is C17H24FNO3. The van der Waals surface area contributed by atoms with E-state index in [-0.39, 0.29) is 23.6 Å². The molecule has 1 rings (SSSR count). The zero-order valence-electron chi connectivity index (χ0n) is 13.3. The number of halogens is 1. The maximum Gasteiger partial charge on any atom is 0.326 e. The minimum absolute atomic E-state index is 0.139. The first-order valence-electron chi connectivity index (χ1n) is 7.63. The van der Waals surface area contributed by atoms with Crippen LogP contribution in [0.25, 0.3) is 0 Å². The fourth-order valence-corrected chi connectivity index (χ4v) is 2.18. The highest BCUT2D eigenvalue weighted by Crippen LogP contribution is 2.14. The molecule has 0 saturated heterocycles. The minimum atomic E-state index is -1.02. The molecule has 3 atom stereocenters. The summed E-state index contributed by atoms with van der Waals surface area (Å²) in [4.78, 5) is 23.3. The van der Waals surface area contributed by atoms with E-state index in [9.17, 15) is 19.1 Å². The summed E-state index contributed by atoms with van der Waals surface area (Å²) in [5.41, 5.74) is 0.568. The summed E-state index contributed by atoms with van der Waals surface area (Å²) in [5.74, 6) is -2.11.